The third kappa shape index (κ3) is 7.39. The van der Waals surface area contributed by atoms with Gasteiger partial charge in [0.15, 0.2) is 0 Å². The van der Waals surface area contributed by atoms with E-state index >= 15 is 0 Å². The number of rotatable bonds is 4. The molecule has 0 aliphatic heterocycles. The molecule has 0 aromatic heterocycles. The third-order valence-corrected chi connectivity index (χ3v) is 0.890. The monoisotopic (exact) mass is 149 g/mol. The Kier molecular flexibility index (Phi) is 10.2. The molecule has 4 nitrogen and oxygen atoms in total. The summed E-state index contributed by atoms with van der Waals surface area (Å²) in [4.78, 5) is 10.5. The van der Waals surface area contributed by atoms with Crippen molar-refractivity contribution in [2.45, 2.75) is 19.8 Å². The van der Waals surface area contributed by atoms with Crippen molar-refractivity contribution in [2.24, 2.45) is 5.73 Å². The van der Waals surface area contributed by atoms with E-state index in [4.69, 9.17) is 5.73 Å². The Bertz CT molecular complexity index is 85.1. The van der Waals surface area contributed by atoms with Gasteiger partial charge in [-0.25, -0.2) is 0 Å². The molecule has 62 valence electrons. The molecule has 4 N–H and O–H groups in total. The van der Waals surface area contributed by atoms with Crippen LogP contribution in [-0.4, -0.2) is 24.6 Å². The highest BCUT2D eigenvalue weighted by molar-refractivity contribution is 5.69. The zero-order valence-corrected chi connectivity index (χ0v) is 6.22. The molecule has 10 heavy (non-hydrogen) atoms. The van der Waals surface area contributed by atoms with Gasteiger partial charge < -0.3 is 15.9 Å². The second-order valence-corrected chi connectivity index (χ2v) is 1.70. The van der Waals surface area contributed by atoms with Crippen LogP contribution in [0.4, 0.5) is 0 Å². The molecule has 0 aromatic rings. The van der Waals surface area contributed by atoms with Gasteiger partial charge in [-0.05, 0) is 19.9 Å². The lowest BCUT2D eigenvalue weighted by atomic mass is 10.3. The van der Waals surface area contributed by atoms with Crippen LogP contribution < -0.4 is 5.73 Å². The first-order valence-electron chi connectivity index (χ1n) is 3.17. The molecule has 0 spiro atoms. The van der Waals surface area contributed by atoms with E-state index in [1.54, 1.807) is 6.92 Å². The Morgan fingerprint density at radius 2 is 2.20 bits per heavy atom. The van der Waals surface area contributed by atoms with E-state index in [9.17, 15) is 4.79 Å². The fourth-order valence-electron chi connectivity index (χ4n) is 0.480. The van der Waals surface area contributed by atoms with Crippen LogP contribution in [0.2, 0.25) is 0 Å². The Labute approximate surface area is 60.7 Å². The maximum Gasteiger partial charge on any atom is 0.305 e. The fourth-order valence-corrected chi connectivity index (χ4v) is 0.480. The Balaban J connectivity index is 0. The van der Waals surface area contributed by atoms with Gasteiger partial charge in [-0.3, -0.25) is 4.79 Å². The first kappa shape index (κ1) is 12.1. The zero-order valence-electron chi connectivity index (χ0n) is 6.22. The second kappa shape index (κ2) is 8.39. The van der Waals surface area contributed by atoms with E-state index < -0.39 is 0 Å². The van der Waals surface area contributed by atoms with Gasteiger partial charge in [0.25, 0.3) is 0 Å². The van der Waals surface area contributed by atoms with Crippen LogP contribution in [0.3, 0.4) is 0 Å². The van der Waals surface area contributed by atoms with Crippen molar-refractivity contribution in [1.82, 2.24) is 0 Å². The van der Waals surface area contributed by atoms with Gasteiger partial charge in [0.05, 0.1) is 6.61 Å². The largest absolute Gasteiger partial charge is 0.466 e. The van der Waals surface area contributed by atoms with Gasteiger partial charge >= 0.3 is 5.97 Å². The van der Waals surface area contributed by atoms with E-state index in [0.29, 0.717) is 19.6 Å². The molecule has 0 saturated carbocycles. The van der Waals surface area contributed by atoms with Gasteiger partial charge in [0.1, 0.15) is 0 Å². The molecular weight excluding hydrogens is 134 g/mol. The summed E-state index contributed by atoms with van der Waals surface area (Å²) in [6, 6.07) is 0. The fraction of sp³-hybridized carbons (Fsp3) is 0.833. The van der Waals surface area contributed by atoms with Gasteiger partial charge in [0, 0.05) is 6.42 Å². The molecule has 0 fully saturated rings. The maximum absolute atomic E-state index is 10.5. The van der Waals surface area contributed by atoms with Crippen molar-refractivity contribution in [1.29, 1.82) is 0 Å². The summed E-state index contributed by atoms with van der Waals surface area (Å²) in [6.07, 6.45) is 1.17. The van der Waals surface area contributed by atoms with Crippen LogP contribution in [0.1, 0.15) is 19.8 Å². The molecule has 0 rings (SSSR count). The van der Waals surface area contributed by atoms with E-state index in [0.717, 1.165) is 6.42 Å². The Morgan fingerprint density at radius 1 is 1.60 bits per heavy atom. The molecule has 0 radical (unpaired) electrons. The lowest BCUT2D eigenvalue weighted by Crippen LogP contribution is -2.07. The summed E-state index contributed by atoms with van der Waals surface area (Å²) in [6.45, 7) is 2.81. The average molecular weight is 149 g/mol. The van der Waals surface area contributed by atoms with Crippen molar-refractivity contribution in [3.05, 3.63) is 0 Å². The molecule has 0 amide bonds. The molecule has 0 aromatic carbocycles. The number of hydrogen-bond acceptors (Lipinski definition) is 3. The summed E-state index contributed by atoms with van der Waals surface area (Å²) in [5.74, 6) is -0.150. The SMILES string of the molecule is CCOC(=O)CCCN.O. The standard InChI is InChI=1S/C6H13NO2.H2O/c1-2-9-6(8)4-3-5-7;/h2-5,7H2,1H3;1H2. The summed E-state index contributed by atoms with van der Waals surface area (Å²) >= 11 is 0. The van der Waals surface area contributed by atoms with E-state index in [1.807, 2.05) is 0 Å². The van der Waals surface area contributed by atoms with Crippen LogP contribution in [0, 0.1) is 0 Å². The highest BCUT2D eigenvalue weighted by atomic mass is 16.5. The minimum atomic E-state index is -0.150. The highest BCUT2D eigenvalue weighted by Crippen LogP contribution is 1.89. The van der Waals surface area contributed by atoms with Crippen molar-refractivity contribution in [2.75, 3.05) is 13.2 Å². The minimum Gasteiger partial charge on any atom is -0.466 e. The number of esters is 1. The van der Waals surface area contributed by atoms with Gasteiger partial charge in [-0.2, -0.15) is 0 Å². The predicted molar refractivity (Wildman–Crippen MR) is 38.5 cm³/mol. The van der Waals surface area contributed by atoms with E-state index in [2.05, 4.69) is 4.74 Å². The van der Waals surface area contributed by atoms with Crippen molar-refractivity contribution in [3.8, 4) is 0 Å². The molecule has 0 heterocycles. The van der Waals surface area contributed by atoms with Crippen LogP contribution in [0.25, 0.3) is 0 Å². The van der Waals surface area contributed by atoms with Crippen molar-refractivity contribution in [3.63, 3.8) is 0 Å². The van der Waals surface area contributed by atoms with Crippen molar-refractivity contribution >= 4 is 5.97 Å². The molecule has 0 atom stereocenters. The Hall–Kier alpha value is -0.610. The average Bonchev–Trinajstić information content (AvgIpc) is 1.85. The van der Waals surface area contributed by atoms with Crippen LogP contribution in [-0.2, 0) is 9.53 Å². The maximum atomic E-state index is 10.5. The number of carbonyl (C=O) groups excluding carboxylic acids is 1. The number of ether oxygens (including phenoxy) is 1. The molecule has 0 saturated heterocycles. The van der Waals surface area contributed by atoms with Crippen LogP contribution >= 0.6 is 0 Å². The first-order valence-corrected chi connectivity index (χ1v) is 3.17. The summed E-state index contributed by atoms with van der Waals surface area (Å²) in [7, 11) is 0. The first-order chi connectivity index (χ1) is 4.31. The van der Waals surface area contributed by atoms with E-state index in [-0.39, 0.29) is 11.4 Å². The molecule has 0 aliphatic carbocycles. The second-order valence-electron chi connectivity index (χ2n) is 1.70. The molecule has 0 aliphatic rings. The highest BCUT2D eigenvalue weighted by Gasteiger charge is 1.97. The van der Waals surface area contributed by atoms with E-state index in [1.165, 1.54) is 0 Å². The lowest BCUT2D eigenvalue weighted by molar-refractivity contribution is -0.143. The minimum absolute atomic E-state index is 0. The summed E-state index contributed by atoms with van der Waals surface area (Å²) in [5, 5.41) is 0. The summed E-state index contributed by atoms with van der Waals surface area (Å²) < 4.78 is 4.65. The molecule has 4 heteroatoms. The molecule has 0 bridgehead atoms. The molecule has 0 unspecified atom stereocenters. The smallest absolute Gasteiger partial charge is 0.305 e. The number of hydrogen-bond donors (Lipinski definition) is 1. The third-order valence-electron chi connectivity index (χ3n) is 0.890. The topological polar surface area (TPSA) is 83.8 Å². The van der Waals surface area contributed by atoms with Crippen LogP contribution in [0.5, 0.6) is 0 Å². The summed E-state index contributed by atoms with van der Waals surface area (Å²) in [5.41, 5.74) is 5.17. The molecular formula is C6H15NO3. The number of nitrogens with two attached hydrogens (primary N) is 1. The van der Waals surface area contributed by atoms with Gasteiger partial charge in [0.2, 0.25) is 0 Å². The van der Waals surface area contributed by atoms with Crippen LogP contribution in [0.15, 0.2) is 0 Å². The lowest BCUT2D eigenvalue weighted by Gasteiger charge is -1.98. The van der Waals surface area contributed by atoms with Crippen molar-refractivity contribution < 1.29 is 15.0 Å². The quantitative estimate of drug-likeness (QED) is 0.545. The van der Waals surface area contributed by atoms with Gasteiger partial charge in [-0.1, -0.05) is 0 Å². The Morgan fingerprint density at radius 3 is 2.60 bits per heavy atom. The zero-order chi connectivity index (χ0) is 7.11. The van der Waals surface area contributed by atoms with Gasteiger partial charge in [-0.15, -0.1) is 0 Å². The normalized spacial score (nSPS) is 8.20. The number of carbonyl (C=O) groups is 1. The predicted octanol–water partition coefficient (Wildman–Crippen LogP) is -0.536.